The van der Waals surface area contributed by atoms with E-state index < -0.39 is 0 Å². The van der Waals surface area contributed by atoms with Crippen molar-refractivity contribution in [2.24, 2.45) is 5.92 Å². The summed E-state index contributed by atoms with van der Waals surface area (Å²) < 4.78 is 1.24. The predicted octanol–water partition coefficient (Wildman–Crippen LogP) is 4.48. The number of piperidine rings is 1. The Hall–Kier alpha value is -2.11. The van der Waals surface area contributed by atoms with Crippen molar-refractivity contribution in [3.8, 4) is 0 Å². The fourth-order valence-electron chi connectivity index (χ4n) is 3.48. The predicted molar refractivity (Wildman–Crippen MR) is 108 cm³/mol. The summed E-state index contributed by atoms with van der Waals surface area (Å²) in [6.07, 6.45) is 3.76. The Morgan fingerprint density at radius 3 is 3.08 bits per heavy atom. The van der Waals surface area contributed by atoms with Crippen LogP contribution in [0, 0.1) is 5.92 Å². The van der Waals surface area contributed by atoms with Gasteiger partial charge in [-0.25, -0.2) is 4.98 Å². The van der Waals surface area contributed by atoms with Gasteiger partial charge in [0.1, 0.15) is 5.82 Å². The van der Waals surface area contributed by atoms with Gasteiger partial charge in [-0.05, 0) is 42.0 Å². The molecule has 134 valence electrons. The zero-order chi connectivity index (χ0) is 17.9. The number of hydrogen-bond donors (Lipinski definition) is 1. The number of amides is 1. The third-order valence-electron chi connectivity index (χ3n) is 4.86. The minimum absolute atomic E-state index is 0.0260. The minimum atomic E-state index is -0.0260. The normalized spacial score (nSPS) is 17.4. The molecule has 0 radical (unpaired) electrons. The molecule has 3 aromatic rings. The van der Waals surface area contributed by atoms with Crippen molar-refractivity contribution < 1.29 is 4.79 Å². The van der Waals surface area contributed by atoms with E-state index in [1.54, 1.807) is 11.3 Å². The molecule has 4 rings (SSSR count). The first-order valence-corrected chi connectivity index (χ1v) is 10.1. The summed E-state index contributed by atoms with van der Waals surface area (Å²) in [6.45, 7) is 2.11. The van der Waals surface area contributed by atoms with Crippen LogP contribution >= 0.6 is 22.9 Å². The van der Waals surface area contributed by atoms with Gasteiger partial charge in [-0.15, -0.1) is 11.3 Å². The molecule has 1 aromatic carbocycles. The highest BCUT2D eigenvalue weighted by Gasteiger charge is 2.27. The second-order valence-electron chi connectivity index (χ2n) is 6.56. The highest BCUT2D eigenvalue weighted by atomic mass is 35.5. The number of nitrogens with zero attached hydrogens (tertiary/aromatic N) is 2. The van der Waals surface area contributed by atoms with E-state index in [4.69, 9.17) is 11.6 Å². The SMILES string of the molecule is O=C(NCc1ccccc1Cl)C1CCCN(c2nccc3sccc23)C1. The lowest BCUT2D eigenvalue weighted by Gasteiger charge is -2.33. The van der Waals surface area contributed by atoms with Crippen molar-refractivity contribution in [1.29, 1.82) is 0 Å². The Labute approximate surface area is 161 Å². The lowest BCUT2D eigenvalue weighted by molar-refractivity contribution is -0.125. The molecule has 1 aliphatic rings. The van der Waals surface area contributed by atoms with Crippen LogP contribution < -0.4 is 10.2 Å². The number of pyridine rings is 1. The smallest absolute Gasteiger partial charge is 0.225 e. The number of aromatic nitrogens is 1. The molecule has 0 aliphatic carbocycles. The van der Waals surface area contributed by atoms with Gasteiger partial charge in [0.15, 0.2) is 0 Å². The Morgan fingerprint density at radius 2 is 2.19 bits per heavy atom. The molecule has 0 bridgehead atoms. The number of carbonyl (C=O) groups excluding carboxylic acids is 1. The van der Waals surface area contributed by atoms with Crippen LogP contribution in [0.1, 0.15) is 18.4 Å². The van der Waals surface area contributed by atoms with E-state index in [0.717, 1.165) is 30.8 Å². The van der Waals surface area contributed by atoms with E-state index in [1.165, 1.54) is 10.1 Å². The van der Waals surface area contributed by atoms with E-state index >= 15 is 0 Å². The van der Waals surface area contributed by atoms with Gasteiger partial charge in [0.05, 0.1) is 5.92 Å². The van der Waals surface area contributed by atoms with Gasteiger partial charge < -0.3 is 10.2 Å². The average molecular weight is 386 g/mol. The van der Waals surface area contributed by atoms with Gasteiger partial charge in [0.25, 0.3) is 0 Å². The van der Waals surface area contributed by atoms with Crippen LogP contribution in [0.25, 0.3) is 10.1 Å². The molecule has 1 unspecified atom stereocenters. The number of rotatable bonds is 4. The Bertz CT molecular complexity index is 926. The van der Waals surface area contributed by atoms with Gasteiger partial charge in [0.2, 0.25) is 5.91 Å². The zero-order valence-electron chi connectivity index (χ0n) is 14.3. The molecule has 1 aliphatic heterocycles. The first-order chi connectivity index (χ1) is 12.7. The van der Waals surface area contributed by atoms with Gasteiger partial charge >= 0.3 is 0 Å². The lowest BCUT2D eigenvalue weighted by atomic mass is 9.96. The molecule has 1 N–H and O–H groups in total. The standard InChI is InChI=1S/C20H20ClN3OS/c21-17-6-2-1-4-14(17)12-23-20(25)15-5-3-10-24(13-15)19-16-8-11-26-18(16)7-9-22-19/h1-2,4,6-9,11,15H,3,5,10,12-13H2,(H,23,25). The number of hydrogen-bond acceptors (Lipinski definition) is 4. The van der Waals surface area contributed by atoms with Crippen molar-refractivity contribution in [1.82, 2.24) is 10.3 Å². The molecular formula is C20H20ClN3OS. The number of nitrogens with one attached hydrogen (secondary N) is 1. The van der Waals surface area contributed by atoms with Gasteiger partial charge in [-0.1, -0.05) is 29.8 Å². The fraction of sp³-hybridized carbons (Fsp3) is 0.300. The van der Waals surface area contributed by atoms with Crippen LogP contribution in [0.4, 0.5) is 5.82 Å². The molecule has 3 heterocycles. The molecule has 26 heavy (non-hydrogen) atoms. The molecular weight excluding hydrogens is 366 g/mol. The third-order valence-corrected chi connectivity index (χ3v) is 6.11. The second-order valence-corrected chi connectivity index (χ2v) is 7.92. The van der Waals surface area contributed by atoms with Crippen molar-refractivity contribution >= 4 is 44.7 Å². The van der Waals surface area contributed by atoms with E-state index in [-0.39, 0.29) is 11.8 Å². The maximum atomic E-state index is 12.7. The first-order valence-electron chi connectivity index (χ1n) is 8.80. The van der Waals surface area contributed by atoms with Crippen LogP contribution in [-0.4, -0.2) is 24.0 Å². The summed E-state index contributed by atoms with van der Waals surface area (Å²) in [7, 11) is 0. The van der Waals surface area contributed by atoms with E-state index in [0.29, 0.717) is 18.1 Å². The van der Waals surface area contributed by atoms with Crippen LogP contribution in [-0.2, 0) is 11.3 Å². The number of anilines is 1. The molecule has 1 atom stereocenters. The fourth-order valence-corrected chi connectivity index (χ4v) is 4.46. The van der Waals surface area contributed by atoms with E-state index in [9.17, 15) is 4.79 Å². The van der Waals surface area contributed by atoms with E-state index in [2.05, 4.69) is 26.6 Å². The van der Waals surface area contributed by atoms with Gasteiger partial charge in [-0.3, -0.25) is 4.79 Å². The highest BCUT2D eigenvalue weighted by Crippen LogP contribution is 2.31. The Kier molecular flexibility index (Phi) is 5.09. The molecule has 2 aromatic heterocycles. The van der Waals surface area contributed by atoms with Crippen molar-refractivity contribution in [3.05, 3.63) is 58.6 Å². The number of benzene rings is 1. The van der Waals surface area contributed by atoms with E-state index in [1.807, 2.05) is 36.5 Å². The van der Waals surface area contributed by atoms with Crippen LogP contribution in [0.5, 0.6) is 0 Å². The number of fused-ring (bicyclic) bond motifs is 1. The maximum Gasteiger partial charge on any atom is 0.225 e. The third kappa shape index (κ3) is 3.55. The Morgan fingerprint density at radius 1 is 1.31 bits per heavy atom. The first kappa shape index (κ1) is 17.3. The molecule has 1 saturated heterocycles. The quantitative estimate of drug-likeness (QED) is 0.720. The van der Waals surface area contributed by atoms with Gasteiger partial charge in [0, 0.05) is 40.9 Å². The minimum Gasteiger partial charge on any atom is -0.355 e. The van der Waals surface area contributed by atoms with Crippen molar-refractivity contribution in [3.63, 3.8) is 0 Å². The van der Waals surface area contributed by atoms with Crippen molar-refractivity contribution in [2.75, 3.05) is 18.0 Å². The van der Waals surface area contributed by atoms with Crippen LogP contribution in [0.2, 0.25) is 5.02 Å². The number of halogens is 1. The maximum absolute atomic E-state index is 12.7. The Balaban J connectivity index is 1.44. The van der Waals surface area contributed by atoms with Crippen LogP contribution in [0.15, 0.2) is 48.0 Å². The monoisotopic (exact) mass is 385 g/mol. The van der Waals surface area contributed by atoms with Gasteiger partial charge in [-0.2, -0.15) is 0 Å². The lowest BCUT2D eigenvalue weighted by Crippen LogP contribution is -2.43. The summed E-state index contributed by atoms with van der Waals surface area (Å²) >= 11 is 7.90. The molecule has 6 heteroatoms. The second kappa shape index (κ2) is 7.64. The molecule has 1 fully saturated rings. The molecule has 4 nitrogen and oxygen atoms in total. The number of carbonyl (C=O) groups is 1. The highest BCUT2D eigenvalue weighted by molar-refractivity contribution is 7.17. The summed E-state index contributed by atoms with van der Waals surface area (Å²) in [5.41, 5.74) is 0.944. The topological polar surface area (TPSA) is 45.2 Å². The number of thiophene rings is 1. The van der Waals surface area contributed by atoms with Crippen LogP contribution in [0.3, 0.4) is 0 Å². The molecule has 0 saturated carbocycles. The zero-order valence-corrected chi connectivity index (χ0v) is 15.9. The molecule has 0 spiro atoms. The summed E-state index contributed by atoms with van der Waals surface area (Å²) in [4.78, 5) is 19.5. The molecule has 1 amide bonds. The largest absolute Gasteiger partial charge is 0.355 e. The summed E-state index contributed by atoms with van der Waals surface area (Å²) in [6, 6.07) is 11.8. The average Bonchev–Trinajstić information content (AvgIpc) is 3.16. The summed E-state index contributed by atoms with van der Waals surface area (Å²) in [5, 5.41) is 7.00. The summed E-state index contributed by atoms with van der Waals surface area (Å²) in [5.74, 6) is 1.06. The van der Waals surface area contributed by atoms with Crippen molar-refractivity contribution in [2.45, 2.75) is 19.4 Å².